The van der Waals surface area contributed by atoms with Crippen LogP contribution in [0.15, 0.2) is 47.0 Å². The van der Waals surface area contributed by atoms with E-state index >= 15 is 0 Å². The van der Waals surface area contributed by atoms with E-state index in [1.807, 2.05) is 0 Å². The standard InChI is InChI=1S/C15H19N3O4S/c1-2-3-6-9-22-15(20)17-12(11-19)10-16-23-14-8-5-4-7-13(14)18-21/h2,4-5,7-8,11-12,16H,1,3,6,9-10H2,(H,17,20)/t12-/m0/s1. The molecule has 2 N–H and O–H groups in total. The van der Waals surface area contributed by atoms with Gasteiger partial charge in [0.1, 0.15) is 18.0 Å². The van der Waals surface area contributed by atoms with Crippen LogP contribution in [-0.2, 0) is 9.53 Å². The summed E-state index contributed by atoms with van der Waals surface area (Å²) in [6, 6.07) is 6.07. The molecule has 0 aliphatic heterocycles. The number of nitroso groups, excluding NO2 is 1. The lowest BCUT2D eigenvalue weighted by Crippen LogP contribution is -2.42. The maximum absolute atomic E-state index is 11.5. The molecule has 0 heterocycles. The van der Waals surface area contributed by atoms with Gasteiger partial charge in [-0.2, -0.15) is 0 Å². The van der Waals surface area contributed by atoms with Crippen LogP contribution in [0.25, 0.3) is 0 Å². The summed E-state index contributed by atoms with van der Waals surface area (Å²) in [7, 11) is 0. The number of aldehydes is 1. The van der Waals surface area contributed by atoms with E-state index in [0.717, 1.165) is 18.4 Å². The summed E-state index contributed by atoms with van der Waals surface area (Å²) in [5.74, 6) is 0. The van der Waals surface area contributed by atoms with Crippen LogP contribution in [0.5, 0.6) is 0 Å². The van der Waals surface area contributed by atoms with Crippen LogP contribution >= 0.6 is 11.9 Å². The maximum Gasteiger partial charge on any atom is 0.407 e. The van der Waals surface area contributed by atoms with Crippen molar-refractivity contribution in [3.8, 4) is 0 Å². The van der Waals surface area contributed by atoms with Gasteiger partial charge in [0.25, 0.3) is 0 Å². The molecule has 124 valence electrons. The maximum atomic E-state index is 11.5. The van der Waals surface area contributed by atoms with Crippen LogP contribution in [-0.4, -0.2) is 31.6 Å². The van der Waals surface area contributed by atoms with Crippen LogP contribution in [0.4, 0.5) is 10.5 Å². The molecule has 0 fully saturated rings. The van der Waals surface area contributed by atoms with Crippen molar-refractivity contribution in [1.29, 1.82) is 0 Å². The van der Waals surface area contributed by atoms with Gasteiger partial charge in [-0.3, -0.25) is 4.72 Å². The van der Waals surface area contributed by atoms with Gasteiger partial charge >= 0.3 is 6.09 Å². The lowest BCUT2D eigenvalue weighted by Gasteiger charge is -2.13. The normalized spacial score (nSPS) is 11.3. The van der Waals surface area contributed by atoms with Gasteiger partial charge in [0.15, 0.2) is 0 Å². The molecule has 7 nitrogen and oxygen atoms in total. The number of unbranched alkanes of at least 4 members (excludes halogenated alkanes) is 1. The topological polar surface area (TPSA) is 96.9 Å². The number of rotatable bonds is 11. The second kappa shape index (κ2) is 11.4. The van der Waals surface area contributed by atoms with E-state index in [-0.39, 0.29) is 13.2 Å². The first-order chi connectivity index (χ1) is 11.2. The molecule has 8 heteroatoms. The van der Waals surface area contributed by atoms with Crippen molar-refractivity contribution < 1.29 is 14.3 Å². The van der Waals surface area contributed by atoms with Gasteiger partial charge in [-0.05, 0) is 42.1 Å². The minimum atomic E-state index is -0.731. The smallest absolute Gasteiger partial charge is 0.407 e. The van der Waals surface area contributed by atoms with Crippen LogP contribution in [0.2, 0.25) is 0 Å². The van der Waals surface area contributed by atoms with E-state index in [0.29, 0.717) is 23.3 Å². The molecule has 1 amide bonds. The van der Waals surface area contributed by atoms with Gasteiger partial charge in [-0.25, -0.2) is 4.79 Å². The van der Waals surface area contributed by atoms with Gasteiger partial charge in [0.05, 0.1) is 11.5 Å². The van der Waals surface area contributed by atoms with Gasteiger partial charge in [0.2, 0.25) is 0 Å². The van der Waals surface area contributed by atoms with Gasteiger partial charge < -0.3 is 14.8 Å². The predicted molar refractivity (Wildman–Crippen MR) is 89.5 cm³/mol. The van der Waals surface area contributed by atoms with E-state index < -0.39 is 12.1 Å². The Balaban J connectivity index is 2.33. The number of nitrogens with one attached hydrogen (secondary N) is 2. The number of amides is 1. The largest absolute Gasteiger partial charge is 0.450 e. The molecule has 0 saturated carbocycles. The summed E-state index contributed by atoms with van der Waals surface area (Å²) >= 11 is 1.16. The molecular weight excluding hydrogens is 318 g/mol. The van der Waals surface area contributed by atoms with E-state index in [1.54, 1.807) is 30.3 Å². The average molecular weight is 337 g/mol. The first-order valence-electron chi connectivity index (χ1n) is 7.02. The zero-order chi connectivity index (χ0) is 16.9. The Bertz CT molecular complexity index is 539. The lowest BCUT2D eigenvalue weighted by molar-refractivity contribution is -0.109. The summed E-state index contributed by atoms with van der Waals surface area (Å²) in [5, 5.41) is 5.35. The average Bonchev–Trinajstić information content (AvgIpc) is 2.58. The lowest BCUT2D eigenvalue weighted by atomic mass is 10.3. The number of nitrogens with zero attached hydrogens (tertiary/aromatic N) is 1. The summed E-state index contributed by atoms with van der Waals surface area (Å²) in [6.45, 7) is 4.02. The van der Waals surface area contributed by atoms with E-state index in [2.05, 4.69) is 21.8 Å². The Kier molecular flexibility index (Phi) is 9.34. The fourth-order valence-electron chi connectivity index (χ4n) is 1.55. The number of benzene rings is 1. The third-order valence-corrected chi connectivity index (χ3v) is 3.58. The Morgan fingerprint density at radius 1 is 1.43 bits per heavy atom. The molecule has 23 heavy (non-hydrogen) atoms. The molecule has 0 bridgehead atoms. The van der Waals surface area contributed by atoms with Crippen molar-refractivity contribution in [3.63, 3.8) is 0 Å². The zero-order valence-corrected chi connectivity index (χ0v) is 13.4. The van der Waals surface area contributed by atoms with Crippen molar-refractivity contribution in [2.45, 2.75) is 23.8 Å². The molecule has 1 atom stereocenters. The van der Waals surface area contributed by atoms with Crippen molar-refractivity contribution in [2.75, 3.05) is 13.2 Å². The number of carbonyl (C=O) groups excluding carboxylic acids is 2. The summed E-state index contributed by atoms with van der Waals surface area (Å²) in [6.07, 6.45) is 3.15. The zero-order valence-electron chi connectivity index (χ0n) is 12.6. The monoisotopic (exact) mass is 337 g/mol. The van der Waals surface area contributed by atoms with Crippen LogP contribution in [0.3, 0.4) is 0 Å². The Hall–Kier alpha value is -2.19. The summed E-state index contributed by atoms with van der Waals surface area (Å²) in [4.78, 5) is 33.8. The third-order valence-electron chi connectivity index (χ3n) is 2.70. The van der Waals surface area contributed by atoms with Crippen molar-refractivity contribution in [1.82, 2.24) is 10.0 Å². The highest BCUT2D eigenvalue weighted by molar-refractivity contribution is 7.97. The van der Waals surface area contributed by atoms with Crippen LogP contribution in [0.1, 0.15) is 12.8 Å². The van der Waals surface area contributed by atoms with E-state index in [1.165, 1.54) is 0 Å². The summed E-state index contributed by atoms with van der Waals surface area (Å²) < 4.78 is 7.84. The number of ether oxygens (including phenoxy) is 1. The van der Waals surface area contributed by atoms with E-state index in [9.17, 15) is 14.5 Å². The van der Waals surface area contributed by atoms with Crippen molar-refractivity contribution >= 4 is 30.0 Å². The number of allylic oxidation sites excluding steroid dienone is 1. The fourth-order valence-corrected chi connectivity index (χ4v) is 2.32. The predicted octanol–water partition coefficient (Wildman–Crippen LogP) is 2.94. The van der Waals surface area contributed by atoms with Gasteiger partial charge in [0, 0.05) is 6.54 Å². The highest BCUT2D eigenvalue weighted by atomic mass is 32.2. The molecule has 1 rings (SSSR count). The highest BCUT2D eigenvalue weighted by Crippen LogP contribution is 2.26. The van der Waals surface area contributed by atoms with Crippen LogP contribution < -0.4 is 10.0 Å². The van der Waals surface area contributed by atoms with Gasteiger partial charge in [-0.1, -0.05) is 18.2 Å². The minimum Gasteiger partial charge on any atom is -0.450 e. The SMILES string of the molecule is C=CCCCOC(=O)N[C@H](C=O)CNSc1ccccc1N=O. The third kappa shape index (κ3) is 7.57. The van der Waals surface area contributed by atoms with Crippen molar-refractivity contribution in [3.05, 3.63) is 41.8 Å². The molecule has 0 radical (unpaired) electrons. The van der Waals surface area contributed by atoms with Crippen LogP contribution in [0, 0.1) is 4.91 Å². The minimum absolute atomic E-state index is 0.184. The molecule has 1 aromatic carbocycles. The molecule has 1 aromatic rings. The molecule has 0 aliphatic rings. The molecule has 0 aliphatic carbocycles. The molecule has 0 saturated heterocycles. The summed E-state index contributed by atoms with van der Waals surface area (Å²) in [5.41, 5.74) is 0.308. The second-order valence-electron chi connectivity index (χ2n) is 4.46. The molecule has 0 spiro atoms. The number of carbonyl (C=O) groups is 2. The van der Waals surface area contributed by atoms with Crippen molar-refractivity contribution in [2.24, 2.45) is 5.18 Å². The Morgan fingerprint density at radius 2 is 2.22 bits per heavy atom. The first kappa shape index (κ1) is 18.9. The second-order valence-corrected chi connectivity index (χ2v) is 5.40. The molecule has 0 unspecified atom stereocenters. The van der Waals surface area contributed by atoms with E-state index in [4.69, 9.17) is 4.74 Å². The Labute approximate surface area is 139 Å². The fraction of sp³-hybridized carbons (Fsp3) is 0.333. The number of alkyl carbamates (subject to hydrolysis) is 1. The quantitative estimate of drug-likeness (QED) is 0.212. The molecular formula is C15H19N3O4S. The number of hydrogen-bond donors (Lipinski definition) is 2. The first-order valence-corrected chi connectivity index (χ1v) is 7.84. The Morgan fingerprint density at radius 3 is 2.91 bits per heavy atom. The highest BCUT2D eigenvalue weighted by Gasteiger charge is 2.12. The number of hydrogen-bond acceptors (Lipinski definition) is 7. The molecule has 0 aromatic heterocycles. The van der Waals surface area contributed by atoms with Gasteiger partial charge in [-0.15, -0.1) is 11.5 Å².